The molecule has 3 N–H and O–H groups in total. The molecule has 1 aliphatic rings. The van der Waals surface area contributed by atoms with E-state index < -0.39 is 0 Å². The molecule has 30 heavy (non-hydrogen) atoms. The van der Waals surface area contributed by atoms with Crippen molar-refractivity contribution in [1.82, 2.24) is 20.0 Å². The van der Waals surface area contributed by atoms with E-state index in [2.05, 4.69) is 22.3 Å². The van der Waals surface area contributed by atoms with Crippen molar-refractivity contribution >= 4 is 33.2 Å². The lowest BCUT2D eigenvalue weighted by Crippen LogP contribution is -2.48. The van der Waals surface area contributed by atoms with Gasteiger partial charge in [-0.1, -0.05) is 12.1 Å². The predicted octanol–water partition coefficient (Wildman–Crippen LogP) is 3.29. The van der Waals surface area contributed by atoms with Gasteiger partial charge in [0.2, 0.25) is 0 Å². The number of amides is 2. The number of rotatable bonds is 4. The second-order valence-electron chi connectivity index (χ2n) is 8.76. The average molecular weight is 426 g/mol. The summed E-state index contributed by atoms with van der Waals surface area (Å²) in [6, 6.07) is 8.14. The first-order chi connectivity index (χ1) is 14.2. The number of benzene rings is 1. The zero-order chi connectivity index (χ0) is 21.6. The van der Waals surface area contributed by atoms with E-state index in [1.54, 1.807) is 9.80 Å². The van der Waals surface area contributed by atoms with Gasteiger partial charge >= 0.3 is 0 Å². The van der Waals surface area contributed by atoms with Gasteiger partial charge in [0.15, 0.2) is 5.69 Å². The van der Waals surface area contributed by atoms with Crippen molar-refractivity contribution in [1.29, 1.82) is 0 Å². The summed E-state index contributed by atoms with van der Waals surface area (Å²) in [5.41, 5.74) is 8.54. The molecule has 158 valence electrons. The summed E-state index contributed by atoms with van der Waals surface area (Å²) in [5.74, 6) is -0.177. The van der Waals surface area contributed by atoms with Crippen molar-refractivity contribution in [3.05, 3.63) is 51.7 Å². The van der Waals surface area contributed by atoms with Crippen molar-refractivity contribution in [2.24, 2.45) is 5.73 Å². The van der Waals surface area contributed by atoms with E-state index in [1.807, 2.05) is 39.8 Å². The molecule has 0 saturated carbocycles. The van der Waals surface area contributed by atoms with Gasteiger partial charge in [-0.15, -0.1) is 11.3 Å². The van der Waals surface area contributed by atoms with E-state index >= 15 is 0 Å². The van der Waals surface area contributed by atoms with Gasteiger partial charge in [-0.05, 0) is 50.8 Å². The van der Waals surface area contributed by atoms with Crippen LogP contribution in [0.4, 0.5) is 0 Å². The summed E-state index contributed by atoms with van der Waals surface area (Å²) < 4.78 is 1.11. The van der Waals surface area contributed by atoms with E-state index in [1.165, 1.54) is 16.9 Å². The Kier molecular flexibility index (Phi) is 5.15. The Hall–Kier alpha value is -2.71. The van der Waals surface area contributed by atoms with Crippen molar-refractivity contribution in [3.63, 3.8) is 0 Å². The Morgan fingerprint density at radius 1 is 1.27 bits per heavy atom. The fourth-order valence-electron chi connectivity index (χ4n) is 3.86. The van der Waals surface area contributed by atoms with Crippen LogP contribution >= 0.6 is 11.3 Å². The number of fused-ring (bicyclic) bond motifs is 2. The lowest BCUT2D eigenvalue weighted by Gasteiger charge is -2.35. The molecule has 0 saturated heterocycles. The van der Waals surface area contributed by atoms with E-state index in [9.17, 15) is 9.59 Å². The maximum atomic E-state index is 13.2. The molecule has 4 rings (SSSR count). The number of aromatic amines is 1. The highest BCUT2D eigenvalue weighted by atomic mass is 32.1. The molecule has 3 heterocycles. The number of H-pyrrole nitrogens is 1. The summed E-state index contributed by atoms with van der Waals surface area (Å²) in [7, 11) is 0. The van der Waals surface area contributed by atoms with Crippen molar-refractivity contribution in [2.45, 2.75) is 46.3 Å². The Labute approximate surface area is 179 Å². The van der Waals surface area contributed by atoms with Crippen molar-refractivity contribution < 1.29 is 9.59 Å². The molecular formula is C22H27N5O2S. The number of aromatic nitrogens is 2. The lowest BCUT2D eigenvalue weighted by atomic mass is 10.0. The third-order valence-electron chi connectivity index (χ3n) is 5.43. The normalized spacial score (nSPS) is 13.7. The van der Waals surface area contributed by atoms with Crippen LogP contribution in [0.3, 0.4) is 0 Å². The third-order valence-corrected chi connectivity index (χ3v) is 6.52. The zero-order valence-electron chi connectivity index (χ0n) is 17.8. The first-order valence-corrected chi connectivity index (χ1v) is 10.9. The second kappa shape index (κ2) is 7.52. The van der Waals surface area contributed by atoms with Crippen LogP contribution in [-0.2, 0) is 13.1 Å². The van der Waals surface area contributed by atoms with Crippen LogP contribution in [0.5, 0.6) is 0 Å². The number of carbonyl (C=O) groups excluding carboxylic acids is 2. The van der Waals surface area contributed by atoms with Gasteiger partial charge in [-0.25, -0.2) is 0 Å². The maximum Gasteiger partial charge on any atom is 0.275 e. The molecule has 0 unspecified atom stereocenters. The van der Waals surface area contributed by atoms with Gasteiger partial charge in [0.25, 0.3) is 11.8 Å². The highest BCUT2D eigenvalue weighted by molar-refractivity contribution is 7.20. The highest BCUT2D eigenvalue weighted by Crippen LogP contribution is 2.31. The van der Waals surface area contributed by atoms with Crippen LogP contribution in [0, 0.1) is 6.92 Å². The minimum absolute atomic E-state index is 0.0218. The topological polar surface area (TPSA) is 95.3 Å². The Morgan fingerprint density at radius 3 is 2.73 bits per heavy atom. The second-order valence-corrected chi connectivity index (χ2v) is 9.84. The predicted molar refractivity (Wildman–Crippen MR) is 119 cm³/mol. The third kappa shape index (κ3) is 3.61. The quantitative estimate of drug-likeness (QED) is 0.670. The number of nitrogens with one attached hydrogen (secondary N) is 1. The van der Waals surface area contributed by atoms with Gasteiger partial charge in [0.05, 0.1) is 23.7 Å². The molecule has 0 spiro atoms. The van der Waals surface area contributed by atoms with Crippen molar-refractivity contribution in [2.75, 3.05) is 13.1 Å². The lowest BCUT2D eigenvalue weighted by molar-refractivity contribution is 0.0580. The average Bonchev–Trinajstić information content (AvgIpc) is 3.37. The molecule has 0 atom stereocenters. The molecule has 0 aliphatic carbocycles. The Balaban J connectivity index is 1.57. The minimum atomic E-state index is -0.369. The van der Waals surface area contributed by atoms with Gasteiger partial charge in [-0.3, -0.25) is 14.7 Å². The first kappa shape index (κ1) is 20.6. The van der Waals surface area contributed by atoms with E-state index in [0.717, 1.165) is 21.3 Å². The molecule has 0 bridgehead atoms. The highest BCUT2D eigenvalue weighted by Gasteiger charge is 2.35. The zero-order valence-corrected chi connectivity index (χ0v) is 18.6. The molecule has 0 radical (unpaired) electrons. The molecule has 3 aromatic rings. The molecule has 0 fully saturated rings. The summed E-state index contributed by atoms with van der Waals surface area (Å²) in [5, 5.41) is 8.32. The maximum absolute atomic E-state index is 13.2. The van der Waals surface area contributed by atoms with Crippen LogP contribution in [0.15, 0.2) is 24.3 Å². The fraction of sp³-hybridized carbons (Fsp3) is 0.409. The summed E-state index contributed by atoms with van der Waals surface area (Å²) in [6.07, 6.45) is 0. The summed E-state index contributed by atoms with van der Waals surface area (Å²) in [6.45, 7) is 9.61. The van der Waals surface area contributed by atoms with E-state index in [-0.39, 0.29) is 17.4 Å². The Morgan fingerprint density at radius 2 is 2.03 bits per heavy atom. The number of hydrogen-bond donors (Lipinski definition) is 2. The van der Waals surface area contributed by atoms with E-state index in [4.69, 9.17) is 5.73 Å². The number of aryl methyl sites for hydroxylation is 1. The molecule has 1 aromatic carbocycles. The van der Waals surface area contributed by atoms with Crippen LogP contribution in [-0.4, -0.2) is 50.4 Å². The molecular weight excluding hydrogens is 398 g/mol. The van der Waals surface area contributed by atoms with Crippen LogP contribution in [0.2, 0.25) is 0 Å². The number of nitrogens with zero attached hydrogens (tertiary/aromatic N) is 3. The monoisotopic (exact) mass is 425 g/mol. The summed E-state index contributed by atoms with van der Waals surface area (Å²) in [4.78, 5) is 30.5. The van der Waals surface area contributed by atoms with Gasteiger partial charge < -0.3 is 15.5 Å². The minimum Gasteiger partial charge on any atom is -0.331 e. The molecule has 1 aliphatic heterocycles. The molecule has 2 aromatic heterocycles. The van der Waals surface area contributed by atoms with Crippen LogP contribution in [0.1, 0.15) is 57.8 Å². The standard InChI is InChI=1S/C22H27N5O2S/c1-13-5-6-14-10-18(30-17(14)9-13)20(28)26-11-15-16(12-26)24-25-19(15)21(29)27(8-7-23)22(2,3)4/h5-6,9-10H,7-8,11-12,23H2,1-4H3,(H,24,25). The van der Waals surface area contributed by atoms with Gasteiger partial charge in [0, 0.05) is 28.9 Å². The van der Waals surface area contributed by atoms with Crippen LogP contribution in [0.25, 0.3) is 10.1 Å². The largest absolute Gasteiger partial charge is 0.331 e. The number of thiophene rings is 1. The van der Waals surface area contributed by atoms with Gasteiger partial charge in [0.1, 0.15) is 0 Å². The summed E-state index contributed by atoms with van der Waals surface area (Å²) >= 11 is 1.51. The van der Waals surface area contributed by atoms with Crippen molar-refractivity contribution in [3.8, 4) is 0 Å². The smallest absolute Gasteiger partial charge is 0.275 e. The Bertz CT molecular complexity index is 1120. The first-order valence-electron chi connectivity index (χ1n) is 10.1. The molecule has 2 amide bonds. The number of nitrogens with two attached hydrogens (primary N) is 1. The SMILES string of the molecule is Cc1ccc2cc(C(=O)N3Cc4[nH]nc(C(=O)N(CCN)C(C)(C)C)c4C3)sc2c1. The molecule has 7 nitrogen and oxygen atoms in total. The van der Waals surface area contributed by atoms with Crippen LogP contribution < -0.4 is 5.73 Å². The number of carbonyl (C=O) groups is 2. The van der Waals surface area contributed by atoms with E-state index in [0.29, 0.717) is 36.8 Å². The van der Waals surface area contributed by atoms with Gasteiger partial charge in [-0.2, -0.15) is 5.10 Å². The molecule has 8 heteroatoms. The number of hydrogen-bond acceptors (Lipinski definition) is 5. The fourth-order valence-corrected chi connectivity index (χ4v) is 4.99.